The molecule has 3 nitrogen and oxygen atoms in total. The topological polar surface area (TPSA) is 44.1 Å². The second-order valence-corrected chi connectivity index (χ2v) is 6.28. The zero-order valence-electron chi connectivity index (χ0n) is 11.2. The quantitative estimate of drug-likeness (QED) is 0.794. The molecule has 0 bridgehead atoms. The molecule has 0 aromatic heterocycles. The van der Waals surface area contributed by atoms with Gasteiger partial charge in [0.25, 0.3) is 5.91 Å². The van der Waals surface area contributed by atoms with Gasteiger partial charge in [0.2, 0.25) is 0 Å². The fraction of sp³-hybridized carbons (Fsp3) is 0.467. The summed E-state index contributed by atoms with van der Waals surface area (Å²) in [5.41, 5.74) is 1.55. The number of likely N-dealkylation sites (tertiary alicyclic amines) is 1. The molecule has 1 saturated heterocycles. The van der Waals surface area contributed by atoms with E-state index in [2.05, 4.69) is 22.0 Å². The number of halogens is 1. The van der Waals surface area contributed by atoms with Gasteiger partial charge in [-0.3, -0.25) is 4.79 Å². The van der Waals surface area contributed by atoms with Gasteiger partial charge in [0.15, 0.2) is 0 Å². The molecule has 1 aliphatic rings. The summed E-state index contributed by atoms with van der Waals surface area (Å²) in [5.74, 6) is 0.0562. The summed E-state index contributed by atoms with van der Waals surface area (Å²) in [6.45, 7) is 5.29. The third-order valence-corrected chi connectivity index (χ3v) is 4.70. The fourth-order valence-electron chi connectivity index (χ4n) is 2.22. The van der Waals surface area contributed by atoms with Crippen molar-refractivity contribution in [1.82, 2.24) is 4.90 Å². The molecule has 100 valence electrons. The smallest absolute Gasteiger partial charge is 0.253 e. The fourth-order valence-corrected chi connectivity index (χ4v) is 2.60. The zero-order valence-corrected chi connectivity index (χ0v) is 12.8. The number of carbonyl (C=O) groups is 1. The molecule has 0 radical (unpaired) electrons. The zero-order chi connectivity index (χ0) is 14.0. The highest BCUT2D eigenvalue weighted by atomic mass is 79.9. The van der Waals surface area contributed by atoms with Gasteiger partial charge >= 0.3 is 0 Å². The van der Waals surface area contributed by atoms with Crippen LogP contribution in [0.2, 0.25) is 0 Å². The minimum absolute atomic E-state index is 0.0562. The molecule has 1 heterocycles. The van der Waals surface area contributed by atoms with E-state index in [1.54, 1.807) is 0 Å². The standard InChI is InChI=1S/C15H17BrN2O/c1-11-3-4-12(9-13(11)16)14(19)18-7-5-15(2,10-17)6-8-18/h3-4,9H,5-8H2,1-2H3. The Morgan fingerprint density at radius 2 is 2.05 bits per heavy atom. The average molecular weight is 321 g/mol. The van der Waals surface area contributed by atoms with E-state index in [1.165, 1.54) is 0 Å². The van der Waals surface area contributed by atoms with Crippen molar-refractivity contribution in [2.45, 2.75) is 26.7 Å². The second kappa shape index (κ2) is 5.34. The molecule has 1 aromatic carbocycles. The number of hydrogen-bond donors (Lipinski definition) is 0. The van der Waals surface area contributed by atoms with Crippen molar-refractivity contribution in [3.8, 4) is 6.07 Å². The summed E-state index contributed by atoms with van der Waals surface area (Å²) in [6, 6.07) is 8.03. The number of amides is 1. The molecule has 1 aliphatic heterocycles. The van der Waals surface area contributed by atoms with Gasteiger partial charge in [-0.25, -0.2) is 0 Å². The SMILES string of the molecule is Cc1ccc(C(=O)N2CCC(C)(C#N)CC2)cc1Br. The van der Waals surface area contributed by atoms with Crippen molar-refractivity contribution in [1.29, 1.82) is 5.26 Å². The maximum absolute atomic E-state index is 12.4. The van der Waals surface area contributed by atoms with Crippen LogP contribution in [0.15, 0.2) is 22.7 Å². The summed E-state index contributed by atoms with van der Waals surface area (Å²) in [4.78, 5) is 14.2. The van der Waals surface area contributed by atoms with Crippen molar-refractivity contribution in [3.63, 3.8) is 0 Å². The van der Waals surface area contributed by atoms with Crippen molar-refractivity contribution in [3.05, 3.63) is 33.8 Å². The van der Waals surface area contributed by atoms with Gasteiger partial charge in [0, 0.05) is 23.1 Å². The van der Waals surface area contributed by atoms with E-state index in [1.807, 2.05) is 36.9 Å². The third kappa shape index (κ3) is 2.98. The van der Waals surface area contributed by atoms with Crippen LogP contribution in [0.1, 0.15) is 35.7 Å². The van der Waals surface area contributed by atoms with E-state index >= 15 is 0 Å². The minimum atomic E-state index is -0.273. The number of hydrogen-bond acceptors (Lipinski definition) is 2. The number of aryl methyl sites for hydroxylation is 1. The average Bonchev–Trinajstić information content (AvgIpc) is 2.42. The van der Waals surface area contributed by atoms with Crippen LogP contribution in [0.25, 0.3) is 0 Å². The number of carbonyl (C=O) groups excluding carboxylic acids is 1. The second-order valence-electron chi connectivity index (χ2n) is 5.43. The maximum atomic E-state index is 12.4. The molecule has 0 spiro atoms. The Bertz CT molecular complexity index is 540. The summed E-state index contributed by atoms with van der Waals surface area (Å²) < 4.78 is 0.956. The Balaban J connectivity index is 2.10. The molecule has 0 atom stereocenters. The number of benzene rings is 1. The summed E-state index contributed by atoms with van der Waals surface area (Å²) in [5, 5.41) is 9.10. The predicted molar refractivity (Wildman–Crippen MR) is 77.7 cm³/mol. The van der Waals surface area contributed by atoms with Gasteiger partial charge in [0.05, 0.1) is 11.5 Å². The Morgan fingerprint density at radius 1 is 1.42 bits per heavy atom. The Morgan fingerprint density at radius 3 is 2.58 bits per heavy atom. The largest absolute Gasteiger partial charge is 0.339 e. The molecule has 0 saturated carbocycles. The summed E-state index contributed by atoms with van der Waals surface area (Å²) in [6.07, 6.45) is 1.50. The van der Waals surface area contributed by atoms with Crippen LogP contribution in [0.4, 0.5) is 0 Å². The number of piperidine rings is 1. The van der Waals surface area contributed by atoms with Crippen molar-refractivity contribution in [2.24, 2.45) is 5.41 Å². The first-order chi connectivity index (χ1) is 8.95. The van der Waals surface area contributed by atoms with Crippen LogP contribution in [-0.4, -0.2) is 23.9 Å². The lowest BCUT2D eigenvalue weighted by Gasteiger charge is -2.35. The van der Waals surface area contributed by atoms with Crippen LogP contribution in [-0.2, 0) is 0 Å². The van der Waals surface area contributed by atoms with Crippen LogP contribution < -0.4 is 0 Å². The van der Waals surface area contributed by atoms with Gasteiger partial charge < -0.3 is 4.90 Å². The highest BCUT2D eigenvalue weighted by Gasteiger charge is 2.32. The highest BCUT2D eigenvalue weighted by Crippen LogP contribution is 2.30. The molecule has 0 aliphatic carbocycles. The molecule has 0 N–H and O–H groups in total. The Labute approximate surface area is 122 Å². The van der Waals surface area contributed by atoms with Gasteiger partial charge in [-0.1, -0.05) is 22.0 Å². The molecule has 19 heavy (non-hydrogen) atoms. The lowest BCUT2D eigenvalue weighted by molar-refractivity contribution is 0.0661. The van der Waals surface area contributed by atoms with Crippen LogP contribution >= 0.6 is 15.9 Å². The number of nitrogens with zero attached hydrogens (tertiary/aromatic N) is 2. The van der Waals surface area contributed by atoms with E-state index in [-0.39, 0.29) is 11.3 Å². The van der Waals surface area contributed by atoms with E-state index in [9.17, 15) is 4.79 Å². The molecule has 1 amide bonds. The number of nitriles is 1. The number of rotatable bonds is 1. The first-order valence-electron chi connectivity index (χ1n) is 6.42. The van der Waals surface area contributed by atoms with Gasteiger partial charge in [-0.05, 0) is 44.4 Å². The molecule has 2 rings (SSSR count). The maximum Gasteiger partial charge on any atom is 0.253 e. The van der Waals surface area contributed by atoms with Crippen LogP contribution in [0, 0.1) is 23.7 Å². The van der Waals surface area contributed by atoms with Gasteiger partial charge in [-0.2, -0.15) is 5.26 Å². The van der Waals surface area contributed by atoms with E-state index in [0.717, 1.165) is 22.9 Å². The molecule has 0 unspecified atom stereocenters. The normalized spacial score (nSPS) is 17.9. The lowest BCUT2D eigenvalue weighted by Crippen LogP contribution is -2.41. The molecular formula is C15H17BrN2O. The predicted octanol–water partition coefficient (Wildman–Crippen LogP) is 3.52. The lowest BCUT2D eigenvalue weighted by atomic mass is 9.82. The van der Waals surface area contributed by atoms with E-state index < -0.39 is 0 Å². The van der Waals surface area contributed by atoms with Crippen LogP contribution in [0.3, 0.4) is 0 Å². The first-order valence-corrected chi connectivity index (χ1v) is 7.21. The molecule has 1 aromatic rings. The van der Waals surface area contributed by atoms with Crippen molar-refractivity contribution in [2.75, 3.05) is 13.1 Å². The Hall–Kier alpha value is -1.34. The van der Waals surface area contributed by atoms with Crippen molar-refractivity contribution >= 4 is 21.8 Å². The van der Waals surface area contributed by atoms with Crippen LogP contribution in [0.5, 0.6) is 0 Å². The van der Waals surface area contributed by atoms with Gasteiger partial charge in [0.1, 0.15) is 0 Å². The molecule has 4 heteroatoms. The summed E-state index contributed by atoms with van der Waals surface area (Å²) >= 11 is 3.45. The minimum Gasteiger partial charge on any atom is -0.339 e. The third-order valence-electron chi connectivity index (χ3n) is 3.84. The Kier molecular flexibility index (Phi) is 3.96. The molecule has 1 fully saturated rings. The monoisotopic (exact) mass is 320 g/mol. The van der Waals surface area contributed by atoms with E-state index in [0.29, 0.717) is 18.7 Å². The molecular weight excluding hydrogens is 304 g/mol. The highest BCUT2D eigenvalue weighted by molar-refractivity contribution is 9.10. The van der Waals surface area contributed by atoms with Crippen molar-refractivity contribution < 1.29 is 4.79 Å². The first kappa shape index (κ1) is 14.1. The van der Waals surface area contributed by atoms with E-state index in [4.69, 9.17) is 5.26 Å². The summed E-state index contributed by atoms with van der Waals surface area (Å²) in [7, 11) is 0. The van der Waals surface area contributed by atoms with Gasteiger partial charge in [-0.15, -0.1) is 0 Å².